The first-order valence-electron chi connectivity index (χ1n) is 6.60. The number of hydrogen-bond donors (Lipinski definition) is 0. The molecule has 20 heavy (non-hydrogen) atoms. The summed E-state index contributed by atoms with van der Waals surface area (Å²) in [6.07, 6.45) is 0. The van der Waals surface area contributed by atoms with Crippen LogP contribution in [0, 0.1) is 0 Å². The molecule has 0 bridgehead atoms. The van der Waals surface area contributed by atoms with Crippen molar-refractivity contribution < 1.29 is 0 Å². The molecule has 0 aliphatic rings. The second-order valence-electron chi connectivity index (χ2n) is 4.67. The van der Waals surface area contributed by atoms with Gasteiger partial charge in [-0.1, -0.05) is 107 Å². The average molecular weight is 341 g/mol. The summed E-state index contributed by atoms with van der Waals surface area (Å²) in [5.41, 5.74) is 0. The topological polar surface area (TPSA) is 0 Å². The second kappa shape index (κ2) is 7.22. The van der Waals surface area contributed by atoms with Crippen LogP contribution in [0.15, 0.2) is 91.0 Å². The van der Waals surface area contributed by atoms with Crippen molar-refractivity contribution in [2.45, 2.75) is 0 Å². The summed E-state index contributed by atoms with van der Waals surface area (Å²) in [6.45, 7) is 0. The van der Waals surface area contributed by atoms with Gasteiger partial charge in [0.2, 0.25) is 0 Å². The van der Waals surface area contributed by atoms with Crippen LogP contribution >= 0.6 is 17.0 Å². The van der Waals surface area contributed by atoms with Crippen molar-refractivity contribution >= 4 is 41.3 Å². The van der Waals surface area contributed by atoms with Crippen LogP contribution in [-0.4, -0.2) is 8.80 Å². The van der Waals surface area contributed by atoms with Crippen molar-refractivity contribution in [3.63, 3.8) is 0 Å². The van der Waals surface area contributed by atoms with E-state index in [1.165, 1.54) is 15.6 Å². The Morgan fingerprint density at radius 2 is 0.650 bits per heavy atom. The Balaban J connectivity index is 0.00000147. The van der Waals surface area contributed by atoms with E-state index in [1.807, 2.05) is 0 Å². The maximum Gasteiger partial charge on any atom is 0.132 e. The minimum Gasteiger partial charge on any atom is -0.114 e. The van der Waals surface area contributed by atoms with Gasteiger partial charge in [0.25, 0.3) is 0 Å². The fraction of sp³-hybridized carbons (Fsp3) is 0. The highest BCUT2D eigenvalue weighted by atomic mass is 79.9. The summed E-state index contributed by atoms with van der Waals surface area (Å²) >= 11 is 0. The molecule has 0 N–H and O–H groups in total. The molecule has 2 heteroatoms. The molecule has 0 aromatic heterocycles. The molecule has 3 aromatic carbocycles. The number of halogens is 1. The van der Waals surface area contributed by atoms with Gasteiger partial charge in [-0.25, -0.2) is 0 Å². The van der Waals surface area contributed by atoms with Crippen LogP contribution in [0.4, 0.5) is 0 Å². The van der Waals surface area contributed by atoms with E-state index in [9.17, 15) is 0 Å². The summed E-state index contributed by atoms with van der Waals surface area (Å²) in [5.74, 6) is 0. The predicted molar refractivity (Wildman–Crippen MR) is 95.7 cm³/mol. The van der Waals surface area contributed by atoms with E-state index in [4.69, 9.17) is 0 Å². The Bertz CT molecular complexity index is 529. The summed E-state index contributed by atoms with van der Waals surface area (Å²) in [7, 11) is -1.31. The zero-order valence-electron chi connectivity index (χ0n) is 11.1. The molecular weight excluding hydrogens is 324 g/mol. The van der Waals surface area contributed by atoms with Gasteiger partial charge >= 0.3 is 0 Å². The fourth-order valence-corrected chi connectivity index (χ4v) is 5.49. The highest BCUT2D eigenvalue weighted by Gasteiger charge is 2.17. The second-order valence-corrected chi connectivity index (χ2v) is 7.53. The van der Waals surface area contributed by atoms with Crippen LogP contribution in [0.5, 0.6) is 0 Å². The van der Waals surface area contributed by atoms with Crippen LogP contribution in [0.2, 0.25) is 0 Å². The van der Waals surface area contributed by atoms with Crippen molar-refractivity contribution in [2.75, 3.05) is 0 Å². The van der Waals surface area contributed by atoms with E-state index in [0.717, 1.165) is 0 Å². The zero-order valence-corrected chi connectivity index (χ0v) is 14.0. The fourth-order valence-electron chi connectivity index (χ4n) is 2.51. The van der Waals surface area contributed by atoms with Gasteiger partial charge in [-0.05, 0) is 0 Å². The van der Waals surface area contributed by atoms with Crippen molar-refractivity contribution in [1.29, 1.82) is 0 Å². The molecule has 0 amide bonds. The smallest absolute Gasteiger partial charge is 0.114 e. The molecule has 0 spiro atoms. The molecule has 0 aliphatic carbocycles. The largest absolute Gasteiger partial charge is 0.132 e. The molecule has 0 unspecified atom stereocenters. The third-order valence-electron chi connectivity index (χ3n) is 3.40. The summed E-state index contributed by atoms with van der Waals surface area (Å²) in [6, 6.07) is 32.7. The van der Waals surface area contributed by atoms with Gasteiger partial charge in [0, 0.05) is 0 Å². The molecule has 3 rings (SSSR count). The number of hydrogen-bond acceptors (Lipinski definition) is 0. The van der Waals surface area contributed by atoms with E-state index >= 15 is 0 Å². The lowest BCUT2D eigenvalue weighted by Crippen LogP contribution is -2.51. The van der Waals surface area contributed by atoms with Crippen LogP contribution < -0.4 is 15.6 Å². The van der Waals surface area contributed by atoms with Crippen LogP contribution in [0.25, 0.3) is 0 Å². The Kier molecular flexibility index (Phi) is 5.33. The van der Waals surface area contributed by atoms with Crippen LogP contribution in [-0.2, 0) is 0 Å². The number of rotatable bonds is 3. The molecule has 0 saturated carbocycles. The number of benzene rings is 3. The van der Waals surface area contributed by atoms with Crippen LogP contribution in [0.3, 0.4) is 0 Å². The minimum atomic E-state index is -1.31. The molecule has 0 nitrogen and oxygen atoms in total. The predicted octanol–water partition coefficient (Wildman–Crippen LogP) is 2.51. The van der Waals surface area contributed by atoms with Crippen LogP contribution in [0.1, 0.15) is 0 Å². The Morgan fingerprint density at radius 3 is 0.900 bits per heavy atom. The monoisotopic (exact) mass is 340 g/mol. The Morgan fingerprint density at radius 1 is 0.400 bits per heavy atom. The first kappa shape index (κ1) is 14.8. The van der Waals surface area contributed by atoms with Crippen molar-refractivity contribution in [3.05, 3.63) is 91.0 Å². The lowest BCUT2D eigenvalue weighted by Gasteiger charge is -2.16. The molecule has 100 valence electrons. The zero-order chi connectivity index (χ0) is 12.9. The SMILES string of the molecule is Br.c1ccc([SiH](c2ccccc2)c2ccccc2)cc1. The van der Waals surface area contributed by atoms with Crippen molar-refractivity contribution in [2.24, 2.45) is 0 Å². The van der Waals surface area contributed by atoms with E-state index in [-0.39, 0.29) is 17.0 Å². The molecule has 0 atom stereocenters. The summed E-state index contributed by atoms with van der Waals surface area (Å²) < 4.78 is 0. The molecule has 0 saturated heterocycles. The summed E-state index contributed by atoms with van der Waals surface area (Å²) in [5, 5.41) is 4.42. The molecule has 3 aromatic rings. The molecule has 0 fully saturated rings. The third-order valence-corrected chi connectivity index (χ3v) is 6.55. The minimum absolute atomic E-state index is 0. The maximum absolute atomic E-state index is 2.26. The van der Waals surface area contributed by atoms with Gasteiger partial charge in [0.15, 0.2) is 0 Å². The van der Waals surface area contributed by atoms with Gasteiger partial charge in [0.1, 0.15) is 8.80 Å². The first-order valence-corrected chi connectivity index (χ1v) is 8.33. The standard InChI is InChI=1S/C18H16Si.BrH/c1-4-10-16(11-5-1)19(17-12-6-2-7-13-17)18-14-8-3-9-15-18;/h1-15,19H;1H. The Hall–Kier alpha value is -1.64. The van der Waals surface area contributed by atoms with Gasteiger partial charge in [-0.3, -0.25) is 0 Å². The van der Waals surface area contributed by atoms with E-state index in [1.54, 1.807) is 0 Å². The van der Waals surface area contributed by atoms with E-state index in [0.29, 0.717) is 0 Å². The lowest BCUT2D eigenvalue weighted by atomic mass is 10.3. The quantitative estimate of drug-likeness (QED) is 0.507. The van der Waals surface area contributed by atoms with Gasteiger partial charge in [-0.15, -0.1) is 17.0 Å². The van der Waals surface area contributed by atoms with Gasteiger partial charge in [-0.2, -0.15) is 0 Å². The normalized spacial score (nSPS) is 10.1. The van der Waals surface area contributed by atoms with Gasteiger partial charge < -0.3 is 0 Å². The van der Waals surface area contributed by atoms with E-state index in [2.05, 4.69) is 91.0 Å². The Labute approximate surface area is 132 Å². The highest BCUT2D eigenvalue weighted by Crippen LogP contribution is 1.95. The van der Waals surface area contributed by atoms with E-state index < -0.39 is 8.80 Å². The molecule has 0 heterocycles. The molecule has 0 aliphatic heterocycles. The molecule has 0 radical (unpaired) electrons. The third kappa shape index (κ3) is 3.27. The van der Waals surface area contributed by atoms with Crippen molar-refractivity contribution in [3.8, 4) is 0 Å². The molecular formula is C18H17BrSi. The van der Waals surface area contributed by atoms with Gasteiger partial charge in [0.05, 0.1) is 0 Å². The van der Waals surface area contributed by atoms with Crippen molar-refractivity contribution in [1.82, 2.24) is 0 Å². The maximum atomic E-state index is 2.26. The average Bonchev–Trinajstić information content (AvgIpc) is 2.51. The summed E-state index contributed by atoms with van der Waals surface area (Å²) in [4.78, 5) is 0. The highest BCUT2D eigenvalue weighted by molar-refractivity contribution is 8.93. The lowest BCUT2D eigenvalue weighted by molar-refractivity contribution is 1.71. The first-order chi connectivity index (χ1) is 9.45.